The molecule has 1 atom stereocenters. The molecule has 1 unspecified atom stereocenters. The van der Waals surface area contributed by atoms with Crippen LogP contribution in [0.1, 0.15) is 17.4 Å². The lowest BCUT2D eigenvalue weighted by molar-refractivity contribution is 0.0931. The zero-order chi connectivity index (χ0) is 13.0. The fraction of sp³-hybridized carbons (Fsp3) is 0.273. The molecule has 94 valence electrons. The molecule has 2 aromatic heterocycles. The average Bonchev–Trinajstić information content (AvgIpc) is 2.82. The summed E-state index contributed by atoms with van der Waals surface area (Å²) >= 11 is 0. The first-order chi connectivity index (χ1) is 8.65. The van der Waals surface area contributed by atoms with E-state index in [2.05, 4.69) is 20.3 Å². The van der Waals surface area contributed by atoms with Gasteiger partial charge in [-0.1, -0.05) is 0 Å². The molecular formula is C11H14N6O. The minimum absolute atomic E-state index is 0.0361. The van der Waals surface area contributed by atoms with Gasteiger partial charge < -0.3 is 15.6 Å². The molecule has 18 heavy (non-hydrogen) atoms. The number of hydrogen-bond acceptors (Lipinski definition) is 5. The zero-order valence-electron chi connectivity index (χ0n) is 9.95. The normalized spacial score (nSPS) is 12.1. The monoisotopic (exact) mass is 246 g/mol. The highest BCUT2D eigenvalue weighted by Crippen LogP contribution is 1.98. The van der Waals surface area contributed by atoms with Gasteiger partial charge >= 0.3 is 0 Å². The second kappa shape index (κ2) is 5.26. The number of amides is 1. The molecule has 0 radical (unpaired) electrons. The summed E-state index contributed by atoms with van der Waals surface area (Å²) in [7, 11) is 0. The van der Waals surface area contributed by atoms with Crippen molar-refractivity contribution in [3.8, 4) is 0 Å². The van der Waals surface area contributed by atoms with E-state index in [9.17, 15) is 4.79 Å². The van der Waals surface area contributed by atoms with Gasteiger partial charge in [-0.05, 0) is 6.92 Å². The number of aromatic nitrogens is 4. The summed E-state index contributed by atoms with van der Waals surface area (Å²) in [5.41, 5.74) is 5.65. The highest BCUT2D eigenvalue weighted by Gasteiger charge is 2.11. The summed E-state index contributed by atoms with van der Waals surface area (Å²) in [4.78, 5) is 23.5. The van der Waals surface area contributed by atoms with Crippen molar-refractivity contribution < 1.29 is 4.79 Å². The first-order valence-electron chi connectivity index (χ1n) is 5.49. The minimum atomic E-state index is -0.268. The van der Waals surface area contributed by atoms with Gasteiger partial charge in [-0.3, -0.25) is 4.79 Å². The first-order valence-corrected chi connectivity index (χ1v) is 5.49. The molecule has 0 fully saturated rings. The Morgan fingerprint density at radius 1 is 1.50 bits per heavy atom. The average molecular weight is 246 g/mol. The lowest BCUT2D eigenvalue weighted by Crippen LogP contribution is -2.36. The van der Waals surface area contributed by atoms with Crippen LogP contribution in [0.3, 0.4) is 0 Å². The molecule has 2 heterocycles. The van der Waals surface area contributed by atoms with Crippen LogP contribution in [0.4, 0.5) is 5.82 Å². The zero-order valence-corrected chi connectivity index (χ0v) is 9.95. The summed E-state index contributed by atoms with van der Waals surface area (Å²) in [6.07, 6.45) is 7.95. The van der Waals surface area contributed by atoms with Crippen molar-refractivity contribution in [3.05, 3.63) is 36.8 Å². The molecule has 0 saturated carbocycles. The van der Waals surface area contributed by atoms with Crippen molar-refractivity contribution in [3.63, 3.8) is 0 Å². The second-order valence-electron chi connectivity index (χ2n) is 3.96. The lowest BCUT2D eigenvalue weighted by Gasteiger charge is -2.13. The Hall–Kier alpha value is -2.44. The van der Waals surface area contributed by atoms with E-state index in [0.29, 0.717) is 6.54 Å². The molecule has 0 saturated heterocycles. The van der Waals surface area contributed by atoms with Crippen molar-refractivity contribution in [1.82, 2.24) is 24.8 Å². The van der Waals surface area contributed by atoms with E-state index in [0.717, 1.165) is 0 Å². The van der Waals surface area contributed by atoms with Gasteiger partial charge in [-0.15, -0.1) is 0 Å². The number of imidazole rings is 1. The maximum absolute atomic E-state index is 11.8. The van der Waals surface area contributed by atoms with Crippen LogP contribution in [-0.4, -0.2) is 31.5 Å². The van der Waals surface area contributed by atoms with Crippen LogP contribution in [0.25, 0.3) is 0 Å². The molecule has 1 amide bonds. The summed E-state index contributed by atoms with van der Waals surface area (Å²) in [5.74, 6) is 0.0214. The highest BCUT2D eigenvalue weighted by atomic mass is 16.1. The van der Waals surface area contributed by atoms with Crippen molar-refractivity contribution in [2.24, 2.45) is 0 Å². The van der Waals surface area contributed by atoms with Crippen LogP contribution >= 0.6 is 0 Å². The number of hydrogen-bond donors (Lipinski definition) is 2. The predicted molar refractivity (Wildman–Crippen MR) is 65.6 cm³/mol. The lowest BCUT2D eigenvalue weighted by atomic mass is 10.3. The Bertz CT molecular complexity index is 507. The number of anilines is 1. The minimum Gasteiger partial charge on any atom is -0.382 e. The molecule has 7 nitrogen and oxygen atoms in total. The van der Waals surface area contributed by atoms with Crippen LogP contribution < -0.4 is 11.1 Å². The van der Waals surface area contributed by atoms with E-state index < -0.39 is 0 Å². The Labute approximate surface area is 104 Å². The standard InChI is InChI=1S/C11H14N6O/c1-8(6-17-3-2-13-7-17)16-11(18)9-4-15-10(12)5-14-9/h2-5,7-8H,6H2,1H3,(H2,12,15)(H,16,18). The molecule has 0 aromatic carbocycles. The number of nitrogens with one attached hydrogen (secondary N) is 1. The van der Waals surface area contributed by atoms with Gasteiger partial charge in [-0.25, -0.2) is 15.0 Å². The highest BCUT2D eigenvalue weighted by molar-refractivity contribution is 5.92. The molecule has 0 aliphatic carbocycles. The van der Waals surface area contributed by atoms with E-state index in [1.54, 1.807) is 12.5 Å². The van der Waals surface area contributed by atoms with Crippen molar-refractivity contribution in [2.75, 3.05) is 5.73 Å². The fourth-order valence-corrected chi connectivity index (χ4v) is 1.51. The Morgan fingerprint density at radius 2 is 2.33 bits per heavy atom. The molecule has 0 spiro atoms. The summed E-state index contributed by atoms with van der Waals surface area (Å²) in [5, 5.41) is 2.82. The van der Waals surface area contributed by atoms with Crippen LogP contribution in [0, 0.1) is 0 Å². The van der Waals surface area contributed by atoms with E-state index >= 15 is 0 Å². The summed E-state index contributed by atoms with van der Waals surface area (Å²) < 4.78 is 1.89. The maximum Gasteiger partial charge on any atom is 0.271 e. The molecule has 0 bridgehead atoms. The van der Waals surface area contributed by atoms with Crippen LogP contribution in [-0.2, 0) is 6.54 Å². The molecule has 0 aliphatic heterocycles. The maximum atomic E-state index is 11.8. The van der Waals surface area contributed by atoms with E-state index in [1.807, 2.05) is 17.7 Å². The number of nitrogens with zero attached hydrogens (tertiary/aromatic N) is 4. The van der Waals surface area contributed by atoms with Gasteiger partial charge in [0.05, 0.1) is 18.7 Å². The third kappa shape index (κ3) is 3.03. The van der Waals surface area contributed by atoms with Crippen LogP contribution in [0.2, 0.25) is 0 Å². The number of nitrogens with two attached hydrogens (primary N) is 1. The van der Waals surface area contributed by atoms with Crippen molar-refractivity contribution >= 4 is 11.7 Å². The summed E-state index contributed by atoms with van der Waals surface area (Å²) in [6, 6.07) is -0.0361. The number of carbonyl (C=O) groups excluding carboxylic acids is 1. The number of rotatable bonds is 4. The number of carbonyl (C=O) groups is 1. The van der Waals surface area contributed by atoms with E-state index in [4.69, 9.17) is 5.73 Å². The van der Waals surface area contributed by atoms with Crippen LogP contribution in [0.15, 0.2) is 31.1 Å². The topological polar surface area (TPSA) is 98.7 Å². The first kappa shape index (κ1) is 12.0. The molecular weight excluding hydrogens is 232 g/mol. The fourth-order valence-electron chi connectivity index (χ4n) is 1.51. The Morgan fingerprint density at radius 3 is 2.94 bits per heavy atom. The van der Waals surface area contributed by atoms with Gasteiger partial charge in [0.2, 0.25) is 0 Å². The molecule has 7 heteroatoms. The Balaban J connectivity index is 1.92. The van der Waals surface area contributed by atoms with Crippen molar-refractivity contribution in [2.45, 2.75) is 19.5 Å². The van der Waals surface area contributed by atoms with Gasteiger partial charge in [0.1, 0.15) is 11.5 Å². The molecule has 3 N–H and O–H groups in total. The third-order valence-corrected chi connectivity index (χ3v) is 2.33. The van der Waals surface area contributed by atoms with Gasteiger partial charge in [-0.2, -0.15) is 0 Å². The van der Waals surface area contributed by atoms with Crippen LogP contribution in [0.5, 0.6) is 0 Å². The SMILES string of the molecule is CC(Cn1ccnc1)NC(=O)c1cnc(N)cn1. The number of nitrogen functional groups attached to an aromatic ring is 1. The molecule has 2 rings (SSSR count). The largest absolute Gasteiger partial charge is 0.382 e. The van der Waals surface area contributed by atoms with Gasteiger partial charge in [0.25, 0.3) is 5.91 Å². The summed E-state index contributed by atoms with van der Waals surface area (Å²) in [6.45, 7) is 2.55. The van der Waals surface area contributed by atoms with E-state index in [-0.39, 0.29) is 23.5 Å². The predicted octanol–water partition coefficient (Wildman–Crippen LogP) is 0.0738. The smallest absolute Gasteiger partial charge is 0.271 e. The van der Waals surface area contributed by atoms with Gasteiger partial charge in [0, 0.05) is 25.0 Å². The quantitative estimate of drug-likeness (QED) is 0.795. The second-order valence-corrected chi connectivity index (χ2v) is 3.96. The van der Waals surface area contributed by atoms with E-state index in [1.165, 1.54) is 12.4 Å². The van der Waals surface area contributed by atoms with Gasteiger partial charge in [0.15, 0.2) is 0 Å². The Kier molecular flexibility index (Phi) is 3.52. The molecule has 2 aromatic rings. The van der Waals surface area contributed by atoms with Crippen molar-refractivity contribution in [1.29, 1.82) is 0 Å². The molecule has 0 aliphatic rings. The third-order valence-electron chi connectivity index (χ3n) is 2.33.